The van der Waals surface area contributed by atoms with Crippen LogP contribution in [0.3, 0.4) is 0 Å². The number of amides is 1. The number of hydrogen-bond donors (Lipinski definition) is 6. The molecule has 1 heterocycles. The number of aliphatic hydroxyl groups is 5. The van der Waals surface area contributed by atoms with Gasteiger partial charge in [0.15, 0.2) is 12.4 Å². The van der Waals surface area contributed by atoms with Gasteiger partial charge in [0.2, 0.25) is 5.91 Å². The number of nitrogens with one attached hydrogen (secondary N) is 1. The molecule has 1 fully saturated rings. The van der Waals surface area contributed by atoms with Crippen LogP contribution in [-0.4, -0.2) is 99.6 Å². The quantitative estimate of drug-likeness (QED) is 0.0149. The van der Waals surface area contributed by atoms with Crippen molar-refractivity contribution in [3.05, 3.63) is 109 Å². The molecule has 0 bridgehead atoms. The van der Waals surface area contributed by atoms with Crippen molar-refractivity contribution in [3.8, 4) is 0 Å². The molecule has 1 aliphatic rings. The molecule has 6 N–H and O–H groups in total. The van der Waals surface area contributed by atoms with E-state index in [1.54, 1.807) is 6.08 Å². The van der Waals surface area contributed by atoms with Crippen molar-refractivity contribution in [2.45, 2.75) is 294 Å². The Morgan fingerprint density at radius 2 is 0.962 bits per heavy atom. The molecule has 0 saturated carbocycles. The number of hydrogen-bond acceptors (Lipinski definition) is 10. The van der Waals surface area contributed by atoms with Gasteiger partial charge in [0.25, 0.3) is 0 Å². The van der Waals surface area contributed by atoms with Gasteiger partial charge in [-0.05, 0) is 77.0 Å². The number of rotatable bonds is 52. The molecule has 11 nitrogen and oxygen atoms in total. The third kappa shape index (κ3) is 42.8. The number of unbranched alkanes of at least 4 members (excludes halogenated alkanes) is 27. The number of carbonyl (C=O) groups is 2. The molecule has 0 aliphatic carbocycles. The molecule has 8 atom stereocenters. The van der Waals surface area contributed by atoms with Crippen LogP contribution in [0.4, 0.5) is 0 Å². The van der Waals surface area contributed by atoms with E-state index < -0.39 is 67.4 Å². The Kier molecular flexibility index (Phi) is 50.9. The second kappa shape index (κ2) is 54.9. The van der Waals surface area contributed by atoms with E-state index in [0.717, 1.165) is 77.0 Å². The predicted molar refractivity (Wildman–Crippen MR) is 328 cm³/mol. The minimum Gasteiger partial charge on any atom is -0.454 e. The number of ether oxygens (including phenoxy) is 3. The van der Waals surface area contributed by atoms with Crippen LogP contribution in [0.25, 0.3) is 0 Å². The van der Waals surface area contributed by atoms with Gasteiger partial charge in [0.05, 0.1) is 25.4 Å². The highest BCUT2D eigenvalue weighted by Gasteiger charge is 2.47. The molecule has 79 heavy (non-hydrogen) atoms. The lowest BCUT2D eigenvalue weighted by atomic mass is 9.99. The summed E-state index contributed by atoms with van der Waals surface area (Å²) in [5.41, 5.74) is 0. The first-order valence-electron chi connectivity index (χ1n) is 31.7. The molecule has 1 aliphatic heterocycles. The summed E-state index contributed by atoms with van der Waals surface area (Å²) in [7, 11) is 0. The Morgan fingerprint density at radius 1 is 0.519 bits per heavy atom. The number of esters is 1. The Hall–Kier alpha value is -3.68. The smallest absolute Gasteiger partial charge is 0.306 e. The van der Waals surface area contributed by atoms with E-state index in [1.807, 2.05) is 72.9 Å². The summed E-state index contributed by atoms with van der Waals surface area (Å²) in [6.07, 6.45) is 64.0. The highest BCUT2D eigenvalue weighted by Crippen LogP contribution is 2.26. The van der Waals surface area contributed by atoms with Crippen molar-refractivity contribution in [1.29, 1.82) is 0 Å². The number of allylic oxidation sites excluding steroid dienone is 17. The maximum absolute atomic E-state index is 13.4. The van der Waals surface area contributed by atoms with Crippen molar-refractivity contribution in [2.24, 2.45) is 0 Å². The van der Waals surface area contributed by atoms with Crippen molar-refractivity contribution in [2.75, 3.05) is 13.2 Å². The summed E-state index contributed by atoms with van der Waals surface area (Å²) < 4.78 is 17.6. The average molecular weight is 1110 g/mol. The molecule has 0 spiro atoms. The van der Waals surface area contributed by atoms with Crippen LogP contribution in [0.5, 0.6) is 0 Å². The van der Waals surface area contributed by atoms with Crippen LogP contribution < -0.4 is 5.32 Å². The zero-order chi connectivity index (χ0) is 57.5. The van der Waals surface area contributed by atoms with Gasteiger partial charge in [-0.3, -0.25) is 9.59 Å². The van der Waals surface area contributed by atoms with Gasteiger partial charge >= 0.3 is 5.97 Å². The van der Waals surface area contributed by atoms with Gasteiger partial charge in [-0.25, -0.2) is 0 Å². The van der Waals surface area contributed by atoms with Gasteiger partial charge in [0, 0.05) is 6.42 Å². The minimum absolute atomic E-state index is 0.110. The van der Waals surface area contributed by atoms with E-state index >= 15 is 0 Å². The maximum atomic E-state index is 13.4. The molecule has 1 rings (SSSR count). The van der Waals surface area contributed by atoms with Gasteiger partial charge in [-0.15, -0.1) is 0 Å². The van der Waals surface area contributed by atoms with E-state index in [-0.39, 0.29) is 19.4 Å². The topological polar surface area (TPSA) is 175 Å². The molecule has 1 saturated heterocycles. The summed E-state index contributed by atoms with van der Waals surface area (Å²) >= 11 is 0. The predicted octanol–water partition coefficient (Wildman–Crippen LogP) is 15.3. The molecule has 0 aromatic rings. The number of aliphatic hydroxyl groups excluding tert-OH is 5. The summed E-state index contributed by atoms with van der Waals surface area (Å²) in [5, 5.41) is 57.0. The van der Waals surface area contributed by atoms with E-state index in [4.69, 9.17) is 14.2 Å². The molecule has 0 radical (unpaired) electrons. The standard InChI is InChI=1S/C68H115NO10/c1-4-7-10-13-16-19-22-25-27-29-30-31-32-33-35-38-41-44-47-50-53-56-63(73)79-66-65(75)64(74)62(57-70)78-68(66)77-58-59(60(71)54-51-48-45-42-39-36-24-21-18-15-12-9-6-3)69-67(76)61(72)55-52-49-46-43-40-37-34-28-26-23-20-17-14-11-8-5-2/h8,11,14,16-17,19-20,23,25-28,34,37,40,43,51,54,59-62,64-66,68,70-72,74-75H,4-7,9-10,12-13,15,18,21-22,24,29-33,35-36,38-39,41-42,44-50,52-53,55-58H2,1-3H3,(H,69,76)/b11-8-,17-14+,19-16-,23-20+,27-25-,28-26-,37-34+,43-40+,54-51+. The van der Waals surface area contributed by atoms with Crippen LogP contribution >= 0.6 is 0 Å². The first-order chi connectivity index (χ1) is 38.7. The van der Waals surface area contributed by atoms with Gasteiger partial charge in [-0.2, -0.15) is 0 Å². The molecule has 0 aromatic carbocycles. The molecule has 452 valence electrons. The van der Waals surface area contributed by atoms with Crippen LogP contribution in [0.2, 0.25) is 0 Å². The monoisotopic (exact) mass is 1110 g/mol. The SMILES string of the molecule is CC\C=C/C=C/C=C/C=C\C=C\C=C\CCCCC(O)C(=O)NC(COC1OC(CO)C(O)C(O)C1OC(=O)CCCCCCCCCCCCC/C=C\C/C=C\CCCCC)C(O)/C=C/CCCCCCCCCCCCC. The van der Waals surface area contributed by atoms with Crippen molar-refractivity contribution < 1.29 is 49.3 Å². The van der Waals surface area contributed by atoms with Crippen LogP contribution in [0.15, 0.2) is 109 Å². The second-order valence-corrected chi connectivity index (χ2v) is 21.6. The normalized spacial score (nSPS) is 19.6. The largest absolute Gasteiger partial charge is 0.454 e. The second-order valence-electron chi connectivity index (χ2n) is 21.6. The molecule has 11 heteroatoms. The lowest BCUT2D eigenvalue weighted by Crippen LogP contribution is -2.61. The summed E-state index contributed by atoms with van der Waals surface area (Å²) in [6, 6.07) is -1.05. The van der Waals surface area contributed by atoms with E-state index in [2.05, 4.69) is 56.5 Å². The molecule has 0 aromatic heterocycles. The van der Waals surface area contributed by atoms with Crippen LogP contribution in [0, 0.1) is 0 Å². The summed E-state index contributed by atoms with van der Waals surface area (Å²) in [6.45, 7) is 5.59. The van der Waals surface area contributed by atoms with Crippen LogP contribution in [0.1, 0.15) is 245 Å². The van der Waals surface area contributed by atoms with Gasteiger partial charge < -0.3 is 45.1 Å². The van der Waals surface area contributed by atoms with Gasteiger partial charge in [0.1, 0.15) is 24.4 Å². The van der Waals surface area contributed by atoms with E-state index in [9.17, 15) is 35.1 Å². The van der Waals surface area contributed by atoms with Crippen molar-refractivity contribution in [1.82, 2.24) is 5.32 Å². The summed E-state index contributed by atoms with van der Waals surface area (Å²) in [5.74, 6) is -1.25. The zero-order valence-corrected chi connectivity index (χ0v) is 50.0. The first kappa shape index (κ1) is 73.3. The number of carbonyl (C=O) groups excluding carboxylic acids is 2. The van der Waals surface area contributed by atoms with Gasteiger partial charge in [-0.1, -0.05) is 271 Å². The molecular formula is C68H115NO10. The molecule has 1 amide bonds. The van der Waals surface area contributed by atoms with E-state index in [1.165, 1.54) is 122 Å². The lowest BCUT2D eigenvalue weighted by Gasteiger charge is -2.41. The fourth-order valence-electron chi connectivity index (χ4n) is 9.30. The molecular weight excluding hydrogens is 991 g/mol. The maximum Gasteiger partial charge on any atom is 0.306 e. The summed E-state index contributed by atoms with van der Waals surface area (Å²) in [4.78, 5) is 26.6. The Bertz CT molecular complexity index is 1700. The van der Waals surface area contributed by atoms with Crippen molar-refractivity contribution >= 4 is 11.9 Å². The fourth-order valence-corrected chi connectivity index (χ4v) is 9.30. The minimum atomic E-state index is -1.63. The van der Waals surface area contributed by atoms with E-state index in [0.29, 0.717) is 12.8 Å². The fraction of sp³-hybridized carbons (Fsp3) is 0.706. The highest BCUT2D eigenvalue weighted by molar-refractivity contribution is 5.80. The Balaban J connectivity index is 2.70. The van der Waals surface area contributed by atoms with Crippen molar-refractivity contribution in [3.63, 3.8) is 0 Å². The Labute approximate surface area is 481 Å². The average Bonchev–Trinajstić information content (AvgIpc) is 3.49. The lowest BCUT2D eigenvalue weighted by molar-refractivity contribution is -0.305. The third-order valence-electron chi connectivity index (χ3n) is 14.3. The molecule has 8 unspecified atom stereocenters. The highest BCUT2D eigenvalue weighted by atomic mass is 16.7. The zero-order valence-electron chi connectivity index (χ0n) is 50.0. The Morgan fingerprint density at radius 3 is 1.49 bits per heavy atom. The van der Waals surface area contributed by atoms with Crippen LogP contribution in [-0.2, 0) is 23.8 Å². The first-order valence-corrected chi connectivity index (χ1v) is 31.7. The third-order valence-corrected chi connectivity index (χ3v) is 14.3.